The topological polar surface area (TPSA) is 66.0 Å². The van der Waals surface area contributed by atoms with Crippen LogP contribution in [0.3, 0.4) is 0 Å². The Kier molecular flexibility index (Phi) is 1.70. The van der Waals surface area contributed by atoms with Crippen LogP contribution >= 0.6 is 11.3 Å². The first-order valence-electron chi connectivity index (χ1n) is 4.64. The van der Waals surface area contributed by atoms with Crippen LogP contribution in [0.25, 0.3) is 11.3 Å². The summed E-state index contributed by atoms with van der Waals surface area (Å²) in [6, 6.07) is 1.73. The maximum Gasteiger partial charge on any atom is 0.345 e. The molecule has 0 atom stereocenters. The summed E-state index contributed by atoms with van der Waals surface area (Å²) in [6.07, 6.45) is 3.68. The highest BCUT2D eigenvalue weighted by molar-refractivity contribution is 7.14. The molecule has 0 amide bonds. The molecule has 5 heteroatoms. The number of aromatic amines is 1. The van der Waals surface area contributed by atoms with Gasteiger partial charge in [0.05, 0.1) is 11.9 Å². The van der Waals surface area contributed by atoms with E-state index >= 15 is 0 Å². The number of hydrogen-bond donors (Lipinski definition) is 2. The van der Waals surface area contributed by atoms with Crippen LogP contribution in [-0.4, -0.2) is 21.3 Å². The van der Waals surface area contributed by atoms with Crippen molar-refractivity contribution in [3.63, 3.8) is 0 Å². The molecule has 0 aliphatic heterocycles. The number of hydrogen-bond acceptors (Lipinski definition) is 3. The number of nitrogens with zero attached hydrogens (tertiary/aromatic N) is 1. The van der Waals surface area contributed by atoms with Crippen molar-refractivity contribution >= 4 is 17.3 Å². The molecule has 0 bridgehead atoms. The molecule has 2 N–H and O–H groups in total. The molecule has 2 heterocycles. The Balaban J connectivity index is 2.20. The fourth-order valence-corrected chi connectivity index (χ4v) is 2.92. The van der Waals surface area contributed by atoms with Gasteiger partial charge in [0.1, 0.15) is 4.88 Å². The highest BCUT2D eigenvalue weighted by atomic mass is 32.1. The van der Waals surface area contributed by atoms with Crippen LogP contribution in [0.1, 0.15) is 20.1 Å². The molecular formula is C10H8N2O2S. The molecule has 0 saturated carbocycles. The smallest absolute Gasteiger partial charge is 0.345 e. The van der Waals surface area contributed by atoms with E-state index in [0.29, 0.717) is 4.88 Å². The van der Waals surface area contributed by atoms with Gasteiger partial charge < -0.3 is 5.11 Å². The number of aromatic carboxylic acids is 1. The van der Waals surface area contributed by atoms with E-state index in [9.17, 15) is 4.79 Å². The van der Waals surface area contributed by atoms with Crippen LogP contribution in [0, 0.1) is 0 Å². The standard InChI is InChI=1S/C10H8N2O2S/c13-10(14)8-3-6-7(15-8)2-1-5-4-11-12-9(5)6/h3-4H,1-2H2,(H,11,12)(H,13,14). The third-order valence-corrected chi connectivity index (χ3v) is 3.81. The first-order valence-corrected chi connectivity index (χ1v) is 5.46. The van der Waals surface area contributed by atoms with Crippen molar-refractivity contribution < 1.29 is 9.90 Å². The predicted octanol–water partition coefficient (Wildman–Crippen LogP) is 1.94. The number of fused-ring (bicyclic) bond motifs is 3. The van der Waals surface area contributed by atoms with Crippen molar-refractivity contribution in [2.24, 2.45) is 0 Å². The zero-order valence-electron chi connectivity index (χ0n) is 7.78. The molecule has 0 radical (unpaired) electrons. The van der Waals surface area contributed by atoms with Gasteiger partial charge in [-0.05, 0) is 24.5 Å². The fraction of sp³-hybridized carbons (Fsp3) is 0.200. The van der Waals surface area contributed by atoms with E-state index in [0.717, 1.165) is 29.0 Å². The number of carboxylic acid groups (broad SMARTS) is 1. The number of aromatic nitrogens is 2. The van der Waals surface area contributed by atoms with Gasteiger partial charge in [-0.2, -0.15) is 5.10 Å². The van der Waals surface area contributed by atoms with Crippen molar-refractivity contribution in [1.29, 1.82) is 0 Å². The molecule has 76 valence electrons. The molecule has 1 aliphatic carbocycles. The lowest BCUT2D eigenvalue weighted by molar-refractivity contribution is 0.0702. The first kappa shape index (κ1) is 8.67. The van der Waals surface area contributed by atoms with Gasteiger partial charge >= 0.3 is 5.97 Å². The second-order valence-electron chi connectivity index (χ2n) is 3.52. The van der Waals surface area contributed by atoms with E-state index in [1.807, 2.05) is 6.20 Å². The second kappa shape index (κ2) is 2.93. The van der Waals surface area contributed by atoms with Gasteiger partial charge in [-0.3, -0.25) is 5.10 Å². The zero-order valence-corrected chi connectivity index (χ0v) is 8.60. The Bertz CT molecular complexity index is 541. The van der Waals surface area contributed by atoms with Crippen LogP contribution < -0.4 is 0 Å². The van der Waals surface area contributed by atoms with Gasteiger partial charge in [0, 0.05) is 10.4 Å². The number of aryl methyl sites for hydroxylation is 2. The minimum absolute atomic E-state index is 0.405. The summed E-state index contributed by atoms with van der Waals surface area (Å²) in [5, 5.41) is 15.8. The Hall–Kier alpha value is -1.62. The first-order chi connectivity index (χ1) is 7.25. The van der Waals surface area contributed by atoms with E-state index in [2.05, 4.69) is 10.2 Å². The van der Waals surface area contributed by atoms with Crippen LogP contribution in [0.4, 0.5) is 0 Å². The van der Waals surface area contributed by atoms with Gasteiger partial charge in [0.15, 0.2) is 0 Å². The van der Waals surface area contributed by atoms with Gasteiger partial charge in [-0.25, -0.2) is 4.79 Å². The molecule has 15 heavy (non-hydrogen) atoms. The van der Waals surface area contributed by atoms with E-state index in [4.69, 9.17) is 5.11 Å². The molecule has 0 aromatic carbocycles. The third-order valence-electron chi connectivity index (χ3n) is 2.63. The number of H-pyrrole nitrogens is 1. The summed E-state index contributed by atoms with van der Waals surface area (Å²) in [7, 11) is 0. The molecule has 1 aliphatic rings. The second-order valence-corrected chi connectivity index (χ2v) is 4.66. The Labute approximate surface area is 89.6 Å². The summed E-state index contributed by atoms with van der Waals surface area (Å²) < 4.78 is 0. The monoisotopic (exact) mass is 220 g/mol. The normalized spacial score (nSPS) is 13.3. The van der Waals surface area contributed by atoms with E-state index in [1.54, 1.807) is 6.07 Å². The summed E-state index contributed by atoms with van der Waals surface area (Å²) in [5.41, 5.74) is 3.17. The molecule has 2 aromatic rings. The molecule has 4 nitrogen and oxygen atoms in total. The lowest BCUT2D eigenvalue weighted by Crippen LogP contribution is -1.98. The SMILES string of the molecule is O=C(O)c1cc2c(s1)CCc1cn[nH]c1-2. The van der Waals surface area contributed by atoms with Crippen LogP contribution in [-0.2, 0) is 12.8 Å². The molecule has 0 unspecified atom stereocenters. The van der Waals surface area contributed by atoms with Gasteiger partial charge in [-0.1, -0.05) is 0 Å². The maximum absolute atomic E-state index is 10.9. The predicted molar refractivity (Wildman–Crippen MR) is 56.3 cm³/mol. The summed E-state index contributed by atoms with van der Waals surface area (Å²) in [6.45, 7) is 0. The van der Waals surface area contributed by atoms with Crippen molar-refractivity contribution in [2.75, 3.05) is 0 Å². The molecule has 0 saturated heterocycles. The summed E-state index contributed by atoms with van der Waals surface area (Å²) in [5.74, 6) is -0.851. The third kappa shape index (κ3) is 1.20. The number of nitrogens with one attached hydrogen (secondary N) is 1. The largest absolute Gasteiger partial charge is 0.477 e. The fourth-order valence-electron chi connectivity index (χ4n) is 1.91. The minimum atomic E-state index is -0.851. The van der Waals surface area contributed by atoms with Gasteiger partial charge in [-0.15, -0.1) is 11.3 Å². The molecular weight excluding hydrogens is 212 g/mol. The van der Waals surface area contributed by atoms with Crippen molar-refractivity contribution in [3.8, 4) is 11.3 Å². The summed E-state index contributed by atoms with van der Waals surface area (Å²) in [4.78, 5) is 12.4. The molecule has 0 fully saturated rings. The lowest BCUT2D eigenvalue weighted by Gasteiger charge is -2.09. The lowest BCUT2D eigenvalue weighted by atomic mass is 9.97. The zero-order chi connectivity index (χ0) is 10.4. The summed E-state index contributed by atoms with van der Waals surface area (Å²) >= 11 is 1.36. The van der Waals surface area contributed by atoms with Crippen molar-refractivity contribution in [3.05, 3.63) is 27.6 Å². The quantitative estimate of drug-likeness (QED) is 0.771. The highest BCUT2D eigenvalue weighted by Gasteiger charge is 2.22. The van der Waals surface area contributed by atoms with Crippen LogP contribution in [0.2, 0.25) is 0 Å². The number of carbonyl (C=O) groups is 1. The van der Waals surface area contributed by atoms with Crippen molar-refractivity contribution in [2.45, 2.75) is 12.8 Å². The Morgan fingerprint density at radius 3 is 3.20 bits per heavy atom. The Morgan fingerprint density at radius 1 is 1.53 bits per heavy atom. The van der Waals surface area contributed by atoms with Crippen LogP contribution in [0.5, 0.6) is 0 Å². The van der Waals surface area contributed by atoms with Gasteiger partial charge in [0.25, 0.3) is 0 Å². The van der Waals surface area contributed by atoms with Gasteiger partial charge in [0.2, 0.25) is 0 Å². The number of rotatable bonds is 1. The maximum atomic E-state index is 10.9. The van der Waals surface area contributed by atoms with E-state index in [-0.39, 0.29) is 0 Å². The highest BCUT2D eigenvalue weighted by Crippen LogP contribution is 2.37. The molecule has 0 spiro atoms. The molecule has 3 rings (SSSR count). The van der Waals surface area contributed by atoms with E-state index < -0.39 is 5.97 Å². The average molecular weight is 220 g/mol. The van der Waals surface area contributed by atoms with Crippen molar-refractivity contribution in [1.82, 2.24) is 10.2 Å². The minimum Gasteiger partial charge on any atom is -0.477 e. The van der Waals surface area contributed by atoms with E-state index in [1.165, 1.54) is 16.9 Å². The number of thiophene rings is 1. The number of carboxylic acids is 1. The average Bonchev–Trinajstić information content (AvgIpc) is 2.82. The van der Waals surface area contributed by atoms with Crippen LogP contribution in [0.15, 0.2) is 12.3 Å². The molecule has 2 aromatic heterocycles. The Morgan fingerprint density at radius 2 is 2.40 bits per heavy atom.